The fourth-order valence-corrected chi connectivity index (χ4v) is 3.15. The number of nitrogens with one attached hydrogen (secondary N) is 2. The van der Waals surface area contributed by atoms with Crippen LogP contribution in [0.15, 0.2) is 24.3 Å². The molecule has 0 aromatic heterocycles. The van der Waals surface area contributed by atoms with Gasteiger partial charge in [-0.25, -0.2) is 0 Å². The molecule has 2 N–H and O–H groups in total. The first kappa shape index (κ1) is 16.4. The number of carbonyl (C=O) groups excluding carboxylic acids is 1. The molecule has 2 saturated heterocycles. The first-order valence-corrected chi connectivity index (χ1v) is 7.93. The minimum absolute atomic E-state index is 0. The maximum Gasteiger partial charge on any atom is 0.242 e. The Hall–Kier alpha value is -0.950. The van der Waals surface area contributed by atoms with E-state index in [0.29, 0.717) is 6.61 Å². The zero-order chi connectivity index (χ0) is 13.8. The lowest BCUT2D eigenvalue weighted by molar-refractivity contribution is -0.117. The number of rotatable bonds is 4. The molecule has 2 unspecified atom stereocenters. The predicted octanol–water partition coefficient (Wildman–Crippen LogP) is 1.88. The minimum atomic E-state index is -0.0911. The molecule has 0 aliphatic carbocycles. The summed E-state index contributed by atoms with van der Waals surface area (Å²) in [5, 5.41) is 6.06. The smallest absolute Gasteiger partial charge is 0.242 e. The number of benzene rings is 1. The molecule has 7 heteroatoms. The van der Waals surface area contributed by atoms with E-state index in [9.17, 15) is 4.79 Å². The van der Waals surface area contributed by atoms with Gasteiger partial charge in [0, 0.05) is 23.7 Å². The van der Waals surface area contributed by atoms with Crippen molar-refractivity contribution in [2.75, 3.05) is 30.2 Å². The van der Waals surface area contributed by atoms with Gasteiger partial charge in [-0.3, -0.25) is 10.1 Å². The molecule has 1 aromatic carbocycles. The molecule has 2 aliphatic heterocycles. The molecule has 116 valence electrons. The van der Waals surface area contributed by atoms with Crippen molar-refractivity contribution in [1.29, 1.82) is 0 Å². The van der Waals surface area contributed by atoms with Crippen molar-refractivity contribution in [3.05, 3.63) is 24.3 Å². The summed E-state index contributed by atoms with van der Waals surface area (Å²) < 4.78 is 11.1. The second-order valence-corrected chi connectivity index (χ2v) is 5.92. The van der Waals surface area contributed by atoms with Gasteiger partial charge < -0.3 is 14.8 Å². The van der Waals surface area contributed by atoms with E-state index in [1.807, 2.05) is 24.3 Å². The van der Waals surface area contributed by atoms with Crippen LogP contribution < -0.4 is 15.4 Å². The summed E-state index contributed by atoms with van der Waals surface area (Å²) in [6.07, 6.45) is 1.08. The second-order valence-electron chi connectivity index (χ2n) is 4.89. The third-order valence-electron chi connectivity index (χ3n) is 3.35. The molecule has 0 saturated carbocycles. The highest BCUT2D eigenvalue weighted by molar-refractivity contribution is 7.99. The third-order valence-corrected chi connectivity index (χ3v) is 4.29. The normalized spacial score (nSPS) is 24.4. The van der Waals surface area contributed by atoms with E-state index < -0.39 is 0 Å². The van der Waals surface area contributed by atoms with E-state index in [0.717, 1.165) is 36.1 Å². The third kappa shape index (κ3) is 4.51. The van der Waals surface area contributed by atoms with Crippen LogP contribution in [0.5, 0.6) is 5.75 Å². The molecule has 0 spiro atoms. The summed E-state index contributed by atoms with van der Waals surface area (Å²) in [4.78, 5) is 11.9. The number of carbonyl (C=O) groups is 1. The van der Waals surface area contributed by atoms with Gasteiger partial charge in [0.05, 0.1) is 19.3 Å². The first-order chi connectivity index (χ1) is 9.81. The van der Waals surface area contributed by atoms with E-state index in [1.165, 1.54) is 0 Å². The van der Waals surface area contributed by atoms with E-state index in [4.69, 9.17) is 9.47 Å². The lowest BCUT2D eigenvalue weighted by Gasteiger charge is -2.13. The first-order valence-electron chi connectivity index (χ1n) is 6.78. The number of ether oxygens (including phenoxy) is 2. The summed E-state index contributed by atoms with van der Waals surface area (Å²) >= 11 is 1.74. The van der Waals surface area contributed by atoms with Gasteiger partial charge in [-0.1, -0.05) is 0 Å². The van der Waals surface area contributed by atoms with Gasteiger partial charge in [0.25, 0.3) is 0 Å². The SMILES string of the molecule is Cl.O=C(Nc1ccc(OC2CCOC2)cc1)C1CSCN1. The van der Waals surface area contributed by atoms with Crippen molar-refractivity contribution in [3.8, 4) is 5.75 Å². The second kappa shape index (κ2) is 7.89. The number of thioether (sulfide) groups is 1. The Morgan fingerprint density at radius 1 is 1.38 bits per heavy atom. The Labute approximate surface area is 134 Å². The van der Waals surface area contributed by atoms with Crippen molar-refractivity contribution in [1.82, 2.24) is 5.32 Å². The van der Waals surface area contributed by atoms with Gasteiger partial charge in [-0.2, -0.15) is 0 Å². The Morgan fingerprint density at radius 3 is 2.81 bits per heavy atom. The summed E-state index contributed by atoms with van der Waals surface area (Å²) in [6.45, 7) is 1.43. The summed E-state index contributed by atoms with van der Waals surface area (Å²) in [5.41, 5.74) is 0.795. The molecular weight excluding hydrogens is 312 g/mol. The van der Waals surface area contributed by atoms with Crippen LogP contribution >= 0.6 is 24.2 Å². The van der Waals surface area contributed by atoms with Gasteiger partial charge in [-0.15, -0.1) is 24.2 Å². The molecule has 21 heavy (non-hydrogen) atoms. The number of hydrogen-bond donors (Lipinski definition) is 2. The van der Waals surface area contributed by atoms with Crippen molar-refractivity contribution < 1.29 is 14.3 Å². The molecule has 5 nitrogen and oxygen atoms in total. The zero-order valence-electron chi connectivity index (χ0n) is 11.5. The Bertz CT molecular complexity index is 460. The van der Waals surface area contributed by atoms with Crippen LogP contribution in [0.4, 0.5) is 5.69 Å². The molecule has 2 atom stereocenters. The molecule has 0 bridgehead atoms. The van der Waals surface area contributed by atoms with Gasteiger partial charge >= 0.3 is 0 Å². The Kier molecular flexibility index (Phi) is 6.17. The fraction of sp³-hybridized carbons (Fsp3) is 0.500. The van der Waals surface area contributed by atoms with E-state index in [1.54, 1.807) is 11.8 Å². The molecule has 2 aliphatic rings. The molecule has 0 radical (unpaired) electrons. The molecule has 3 rings (SSSR count). The monoisotopic (exact) mass is 330 g/mol. The number of hydrogen-bond acceptors (Lipinski definition) is 5. The average molecular weight is 331 g/mol. The molecule has 1 aromatic rings. The van der Waals surface area contributed by atoms with Gasteiger partial charge in [0.15, 0.2) is 0 Å². The van der Waals surface area contributed by atoms with Crippen LogP contribution in [0, 0.1) is 0 Å². The number of amides is 1. The van der Waals surface area contributed by atoms with Crippen molar-refractivity contribution in [2.45, 2.75) is 18.6 Å². The fourth-order valence-electron chi connectivity index (χ4n) is 2.21. The maximum atomic E-state index is 11.9. The highest BCUT2D eigenvalue weighted by Crippen LogP contribution is 2.20. The number of anilines is 1. The maximum absolute atomic E-state index is 11.9. The average Bonchev–Trinajstić information content (AvgIpc) is 3.13. The molecular formula is C14H19ClN2O3S. The lowest BCUT2D eigenvalue weighted by Crippen LogP contribution is -2.37. The van der Waals surface area contributed by atoms with Gasteiger partial charge in [-0.05, 0) is 24.3 Å². The minimum Gasteiger partial charge on any atom is -0.488 e. The molecule has 2 heterocycles. The Morgan fingerprint density at radius 2 is 2.19 bits per heavy atom. The quantitative estimate of drug-likeness (QED) is 0.882. The topological polar surface area (TPSA) is 59.6 Å². The number of halogens is 1. The van der Waals surface area contributed by atoms with Crippen molar-refractivity contribution in [2.24, 2.45) is 0 Å². The molecule has 2 fully saturated rings. The summed E-state index contributed by atoms with van der Waals surface area (Å²) in [6, 6.07) is 7.40. The zero-order valence-corrected chi connectivity index (χ0v) is 13.2. The largest absolute Gasteiger partial charge is 0.488 e. The Balaban J connectivity index is 0.00000161. The van der Waals surface area contributed by atoms with Crippen LogP contribution in [0.25, 0.3) is 0 Å². The van der Waals surface area contributed by atoms with Crippen LogP contribution in [0.1, 0.15) is 6.42 Å². The standard InChI is InChI=1S/C14H18N2O3S.ClH/c17-14(13-8-20-9-15-13)16-10-1-3-11(4-2-10)19-12-5-6-18-7-12;/h1-4,12-13,15H,5-9H2,(H,16,17);1H. The van der Waals surface area contributed by atoms with Crippen molar-refractivity contribution in [3.63, 3.8) is 0 Å². The van der Waals surface area contributed by atoms with E-state index >= 15 is 0 Å². The van der Waals surface area contributed by atoms with Crippen LogP contribution in [-0.2, 0) is 9.53 Å². The highest BCUT2D eigenvalue weighted by atomic mass is 35.5. The van der Waals surface area contributed by atoms with E-state index in [-0.39, 0.29) is 30.5 Å². The molecule has 1 amide bonds. The lowest BCUT2D eigenvalue weighted by atomic mass is 10.2. The van der Waals surface area contributed by atoms with Crippen molar-refractivity contribution >= 4 is 35.8 Å². The van der Waals surface area contributed by atoms with Crippen LogP contribution in [0.3, 0.4) is 0 Å². The van der Waals surface area contributed by atoms with Crippen LogP contribution in [0.2, 0.25) is 0 Å². The van der Waals surface area contributed by atoms with Gasteiger partial charge in [0.2, 0.25) is 5.91 Å². The van der Waals surface area contributed by atoms with Crippen LogP contribution in [-0.4, -0.2) is 42.9 Å². The summed E-state index contributed by atoms with van der Waals surface area (Å²) in [5.74, 6) is 2.50. The van der Waals surface area contributed by atoms with Gasteiger partial charge in [0.1, 0.15) is 11.9 Å². The summed E-state index contributed by atoms with van der Waals surface area (Å²) in [7, 11) is 0. The van der Waals surface area contributed by atoms with E-state index in [2.05, 4.69) is 10.6 Å². The predicted molar refractivity (Wildman–Crippen MR) is 86.4 cm³/mol. The highest BCUT2D eigenvalue weighted by Gasteiger charge is 2.22.